The zero-order valence-electron chi connectivity index (χ0n) is 13.8. The van der Waals surface area contributed by atoms with Crippen molar-refractivity contribution in [1.29, 1.82) is 0 Å². The van der Waals surface area contributed by atoms with Crippen molar-refractivity contribution in [3.63, 3.8) is 0 Å². The Morgan fingerprint density at radius 1 is 1.23 bits per heavy atom. The molecule has 2 rings (SSSR count). The molecule has 3 atom stereocenters. The number of carbonyl (C=O) groups is 1. The lowest BCUT2D eigenvalue weighted by Crippen LogP contribution is -2.43. The summed E-state index contributed by atoms with van der Waals surface area (Å²) in [7, 11) is 0. The maximum absolute atomic E-state index is 11.7. The Kier molecular flexibility index (Phi) is 7.63. The molecule has 128 valence electrons. The molecule has 0 aromatic heterocycles. The Morgan fingerprint density at radius 2 is 1.95 bits per heavy atom. The van der Waals surface area contributed by atoms with Gasteiger partial charge in [-0.2, -0.15) is 5.48 Å². The van der Waals surface area contributed by atoms with Crippen LogP contribution in [0.1, 0.15) is 71.1 Å². The minimum atomic E-state index is -0.710. The van der Waals surface area contributed by atoms with Crippen LogP contribution in [0.4, 0.5) is 0 Å². The van der Waals surface area contributed by atoms with Crippen molar-refractivity contribution in [2.24, 2.45) is 11.8 Å². The molecule has 1 unspecified atom stereocenters. The fourth-order valence-electron chi connectivity index (χ4n) is 3.64. The molecule has 2 fully saturated rings. The minimum absolute atomic E-state index is 0.148. The van der Waals surface area contributed by atoms with E-state index in [2.05, 4.69) is 5.48 Å². The molecule has 1 aliphatic heterocycles. The quantitative estimate of drug-likeness (QED) is 0.671. The topological polar surface area (TPSA) is 67.8 Å². The second kappa shape index (κ2) is 9.48. The van der Waals surface area contributed by atoms with Crippen LogP contribution in [0.2, 0.25) is 0 Å². The van der Waals surface area contributed by atoms with Gasteiger partial charge in [-0.3, -0.25) is 9.63 Å². The fourth-order valence-corrected chi connectivity index (χ4v) is 3.64. The van der Waals surface area contributed by atoms with Crippen LogP contribution in [0.25, 0.3) is 0 Å². The first-order valence-corrected chi connectivity index (χ1v) is 8.96. The van der Waals surface area contributed by atoms with E-state index < -0.39 is 5.97 Å². The van der Waals surface area contributed by atoms with Crippen LogP contribution >= 0.6 is 0 Å². The Hall–Kier alpha value is -0.650. The van der Waals surface area contributed by atoms with Crippen LogP contribution in [0.5, 0.6) is 0 Å². The summed E-state index contributed by atoms with van der Waals surface area (Å²) in [5, 5.41) is 9.62. The van der Waals surface area contributed by atoms with Crippen LogP contribution in [0.3, 0.4) is 0 Å². The Balaban J connectivity index is 1.84. The molecular weight excluding hydrogens is 282 g/mol. The van der Waals surface area contributed by atoms with Gasteiger partial charge >= 0.3 is 5.97 Å². The molecule has 1 saturated carbocycles. The van der Waals surface area contributed by atoms with Gasteiger partial charge in [0, 0.05) is 19.1 Å². The summed E-state index contributed by atoms with van der Waals surface area (Å²) < 4.78 is 5.53. The highest BCUT2D eigenvalue weighted by atomic mass is 16.8. The second-order valence-corrected chi connectivity index (χ2v) is 6.73. The number of carboxylic acid groups (broad SMARTS) is 1. The zero-order valence-corrected chi connectivity index (χ0v) is 13.8. The smallest absolute Gasteiger partial charge is 0.308 e. The third-order valence-corrected chi connectivity index (χ3v) is 5.04. The molecule has 5 nitrogen and oxygen atoms in total. The van der Waals surface area contributed by atoms with Gasteiger partial charge in [0.1, 0.15) is 0 Å². The summed E-state index contributed by atoms with van der Waals surface area (Å²) in [5.74, 6) is -0.536. The summed E-state index contributed by atoms with van der Waals surface area (Å²) in [6.07, 6.45) is 10.5. The number of hydrogen-bond donors (Lipinski definition) is 2. The molecule has 2 N–H and O–H groups in total. The maximum Gasteiger partial charge on any atom is 0.308 e. The largest absolute Gasteiger partial charge is 0.481 e. The first-order valence-electron chi connectivity index (χ1n) is 8.96. The van der Waals surface area contributed by atoms with Crippen LogP contribution in [0.15, 0.2) is 0 Å². The number of aliphatic carboxylic acids is 1. The SMILES string of the molecule is CC[C@H](NOC1CCCCO1)[C@@H](CC1CCCCC1)C(=O)O. The van der Waals surface area contributed by atoms with E-state index in [1.807, 2.05) is 6.92 Å². The minimum Gasteiger partial charge on any atom is -0.481 e. The normalized spacial score (nSPS) is 26.5. The number of hydrogen-bond acceptors (Lipinski definition) is 4. The first kappa shape index (κ1) is 17.7. The Labute approximate surface area is 133 Å². The number of carboxylic acids is 1. The van der Waals surface area contributed by atoms with Gasteiger partial charge in [-0.15, -0.1) is 0 Å². The molecule has 0 aromatic carbocycles. The van der Waals surface area contributed by atoms with Gasteiger partial charge in [-0.1, -0.05) is 39.0 Å². The molecule has 1 aliphatic carbocycles. The summed E-state index contributed by atoms with van der Waals surface area (Å²) in [4.78, 5) is 17.3. The van der Waals surface area contributed by atoms with E-state index in [0.29, 0.717) is 5.92 Å². The van der Waals surface area contributed by atoms with Crippen LogP contribution < -0.4 is 5.48 Å². The molecule has 1 saturated heterocycles. The number of hydroxylamine groups is 1. The van der Waals surface area contributed by atoms with Crippen LogP contribution in [-0.4, -0.2) is 30.0 Å². The average molecular weight is 313 g/mol. The second-order valence-electron chi connectivity index (χ2n) is 6.73. The Morgan fingerprint density at radius 3 is 2.55 bits per heavy atom. The van der Waals surface area contributed by atoms with Crippen LogP contribution in [-0.2, 0) is 14.4 Å². The van der Waals surface area contributed by atoms with Gasteiger partial charge in [-0.25, -0.2) is 0 Å². The summed E-state index contributed by atoms with van der Waals surface area (Å²) >= 11 is 0. The Bertz CT molecular complexity index is 325. The van der Waals surface area contributed by atoms with Gasteiger partial charge in [0.05, 0.1) is 5.92 Å². The molecule has 2 aliphatic rings. The third-order valence-electron chi connectivity index (χ3n) is 5.04. The molecular formula is C17H31NO4. The van der Waals surface area contributed by atoms with Gasteiger partial charge < -0.3 is 9.84 Å². The van der Waals surface area contributed by atoms with Gasteiger partial charge in [0.2, 0.25) is 0 Å². The highest BCUT2D eigenvalue weighted by Crippen LogP contribution is 2.31. The lowest BCUT2D eigenvalue weighted by molar-refractivity contribution is -0.208. The van der Waals surface area contributed by atoms with Gasteiger partial charge in [0.15, 0.2) is 6.29 Å². The first-order chi connectivity index (χ1) is 10.7. The van der Waals surface area contributed by atoms with Crippen molar-refractivity contribution in [3.05, 3.63) is 0 Å². The predicted octanol–water partition coefficient (Wildman–Crippen LogP) is 3.48. The van der Waals surface area contributed by atoms with Crippen LogP contribution in [0, 0.1) is 11.8 Å². The van der Waals surface area contributed by atoms with Crippen molar-refractivity contribution in [2.75, 3.05) is 6.61 Å². The molecule has 0 amide bonds. The highest BCUT2D eigenvalue weighted by Gasteiger charge is 2.31. The van der Waals surface area contributed by atoms with Crippen molar-refractivity contribution in [3.8, 4) is 0 Å². The van der Waals surface area contributed by atoms with Crippen molar-refractivity contribution in [2.45, 2.75) is 83.5 Å². The van der Waals surface area contributed by atoms with E-state index in [-0.39, 0.29) is 18.2 Å². The number of ether oxygens (including phenoxy) is 1. The number of nitrogens with one attached hydrogen (secondary N) is 1. The monoisotopic (exact) mass is 313 g/mol. The molecule has 0 spiro atoms. The highest BCUT2D eigenvalue weighted by molar-refractivity contribution is 5.70. The van der Waals surface area contributed by atoms with Crippen molar-refractivity contribution in [1.82, 2.24) is 5.48 Å². The number of rotatable bonds is 8. The molecule has 5 heteroatoms. The maximum atomic E-state index is 11.7. The van der Waals surface area contributed by atoms with E-state index in [9.17, 15) is 9.90 Å². The van der Waals surface area contributed by atoms with E-state index in [1.54, 1.807) is 0 Å². The fraction of sp³-hybridized carbons (Fsp3) is 0.941. The summed E-state index contributed by atoms with van der Waals surface area (Å²) in [5.41, 5.74) is 3.00. The van der Waals surface area contributed by atoms with E-state index >= 15 is 0 Å². The zero-order chi connectivity index (χ0) is 15.8. The summed E-state index contributed by atoms with van der Waals surface area (Å²) in [6.45, 7) is 2.74. The van der Waals surface area contributed by atoms with Crippen molar-refractivity contribution >= 4 is 5.97 Å². The lowest BCUT2D eigenvalue weighted by atomic mass is 9.80. The van der Waals surface area contributed by atoms with E-state index in [1.165, 1.54) is 32.1 Å². The van der Waals surface area contributed by atoms with E-state index in [0.717, 1.165) is 38.7 Å². The van der Waals surface area contributed by atoms with Gasteiger partial charge in [-0.05, 0) is 31.6 Å². The standard InChI is InChI=1S/C17H31NO4/c1-2-15(18-22-16-10-6-7-11-21-16)14(17(19)20)12-13-8-4-3-5-9-13/h13-16,18H,2-12H2,1H3,(H,19,20)/t14-,15+,16?/m1/s1. The average Bonchev–Trinajstić information content (AvgIpc) is 2.56. The summed E-state index contributed by atoms with van der Waals surface area (Å²) in [6, 6.07) is -0.148. The molecule has 0 aromatic rings. The van der Waals surface area contributed by atoms with Gasteiger partial charge in [0.25, 0.3) is 0 Å². The molecule has 1 heterocycles. The predicted molar refractivity (Wildman–Crippen MR) is 84.2 cm³/mol. The molecule has 0 bridgehead atoms. The molecule has 0 radical (unpaired) electrons. The molecule has 22 heavy (non-hydrogen) atoms. The lowest BCUT2D eigenvalue weighted by Gasteiger charge is -2.31. The van der Waals surface area contributed by atoms with E-state index in [4.69, 9.17) is 9.57 Å². The van der Waals surface area contributed by atoms with Crippen molar-refractivity contribution < 1.29 is 19.5 Å². The third kappa shape index (κ3) is 5.52.